The predicted molar refractivity (Wildman–Crippen MR) is 271 cm³/mol. The van der Waals surface area contributed by atoms with E-state index in [1.165, 1.54) is 24.3 Å². The summed E-state index contributed by atoms with van der Waals surface area (Å²) < 4.78 is 0. The van der Waals surface area contributed by atoms with Gasteiger partial charge in [-0.3, -0.25) is 43.2 Å². The first-order valence-electron chi connectivity index (χ1n) is 25.1. The zero-order valence-electron chi connectivity index (χ0n) is 44.1. The number of aliphatic carboxylic acids is 2. The average Bonchev–Trinajstić information content (AvgIpc) is 3.31. The maximum absolute atomic E-state index is 14.4. The van der Waals surface area contributed by atoms with Gasteiger partial charge in [0.15, 0.2) is 6.04 Å². The monoisotopic (exact) mass is 1070 g/mol. The van der Waals surface area contributed by atoms with Gasteiger partial charge in [0.1, 0.15) is 54.1 Å². The number of hydrogen-bond acceptors (Lipinski definition) is 16. The third-order valence-corrected chi connectivity index (χ3v) is 11.5. The third kappa shape index (κ3) is 25.1. The van der Waals surface area contributed by atoms with Gasteiger partial charge in [-0.2, -0.15) is 0 Å². The SMILES string of the molecule is CC(C)C[C@H](NC(=O)[C@H](CC(C)C)NC(=O)[C@H](CCC(=O)O)NC(=O)[C@@H](N)CO)C(=O)N[C@@H](CCCCN)C(=O)N[C@@H](Cc1ccc(O)cc1)C(=O)N[C@@H](CC(C)C)C(=O)N[C@H](C(=O)N[C@H](C(=O)O)[C@@H](C)O)[C@@H](C)O. The molecule has 0 unspecified atom stereocenters. The van der Waals surface area contributed by atoms with Crippen LogP contribution in [-0.2, 0) is 54.4 Å². The van der Waals surface area contributed by atoms with Gasteiger partial charge in [0.25, 0.3) is 0 Å². The van der Waals surface area contributed by atoms with Crippen molar-refractivity contribution in [1.82, 2.24) is 42.5 Å². The molecule has 18 N–H and O–H groups in total. The molecule has 0 spiro atoms. The number of carboxylic acids is 2. The van der Waals surface area contributed by atoms with E-state index in [-0.39, 0.29) is 62.2 Å². The molecule has 1 aromatic carbocycles. The van der Waals surface area contributed by atoms with Crippen LogP contribution in [0.4, 0.5) is 0 Å². The summed E-state index contributed by atoms with van der Waals surface area (Å²) in [5.41, 5.74) is 11.8. The maximum Gasteiger partial charge on any atom is 0.328 e. The molecule has 0 aliphatic carbocycles. The quantitative estimate of drug-likeness (QED) is 0.0303. The number of aromatic hydroxyl groups is 1. The van der Waals surface area contributed by atoms with Crippen molar-refractivity contribution in [2.45, 2.75) is 180 Å². The highest BCUT2D eigenvalue weighted by atomic mass is 16.4. The molecule has 0 aliphatic heterocycles. The van der Waals surface area contributed by atoms with Crippen LogP contribution in [0, 0.1) is 17.8 Å². The molecule has 1 rings (SSSR count). The Morgan fingerprint density at radius 2 is 0.867 bits per heavy atom. The first-order chi connectivity index (χ1) is 35.0. The molecule has 0 aromatic heterocycles. The lowest BCUT2D eigenvalue weighted by Gasteiger charge is -2.29. The number of benzene rings is 1. The number of rotatable bonds is 35. The summed E-state index contributed by atoms with van der Waals surface area (Å²) in [7, 11) is 0. The van der Waals surface area contributed by atoms with Crippen molar-refractivity contribution in [3.63, 3.8) is 0 Å². The van der Waals surface area contributed by atoms with Gasteiger partial charge in [-0.25, -0.2) is 4.79 Å². The van der Waals surface area contributed by atoms with Gasteiger partial charge in [0, 0.05) is 12.8 Å². The van der Waals surface area contributed by atoms with E-state index in [4.69, 9.17) is 11.5 Å². The number of unbranched alkanes of at least 4 members (excludes halogenated alkanes) is 1. The van der Waals surface area contributed by atoms with Crippen LogP contribution >= 0.6 is 0 Å². The maximum atomic E-state index is 14.4. The van der Waals surface area contributed by atoms with Crippen LogP contribution in [0.3, 0.4) is 0 Å². The molecular formula is C49H82N10O16. The second-order valence-electron chi connectivity index (χ2n) is 19.9. The molecule has 0 saturated carbocycles. The lowest BCUT2D eigenvalue weighted by molar-refractivity contribution is -0.146. The summed E-state index contributed by atoms with van der Waals surface area (Å²) in [4.78, 5) is 133. The van der Waals surface area contributed by atoms with E-state index in [0.717, 1.165) is 13.8 Å². The van der Waals surface area contributed by atoms with Gasteiger partial charge >= 0.3 is 11.9 Å². The highest BCUT2D eigenvalue weighted by Crippen LogP contribution is 2.15. The topological polar surface area (TPSA) is 440 Å². The molecule has 0 heterocycles. The summed E-state index contributed by atoms with van der Waals surface area (Å²) in [6.07, 6.45) is -3.63. The Morgan fingerprint density at radius 1 is 0.493 bits per heavy atom. The number of aliphatic hydroxyl groups is 3. The molecule has 424 valence electrons. The fraction of sp³-hybridized carbons (Fsp3) is 0.673. The number of carboxylic acid groups (broad SMARTS) is 2. The summed E-state index contributed by atoms with van der Waals surface area (Å²) in [5.74, 6) is -11.1. The van der Waals surface area contributed by atoms with E-state index in [9.17, 15) is 78.6 Å². The second kappa shape index (κ2) is 33.4. The van der Waals surface area contributed by atoms with Crippen LogP contribution in [0.15, 0.2) is 24.3 Å². The Bertz CT molecular complexity index is 2050. The minimum absolute atomic E-state index is 0.0148. The number of aliphatic hydroxyl groups excluding tert-OH is 3. The number of nitrogens with two attached hydrogens (primary N) is 2. The molecule has 1 aromatic rings. The standard InChI is InChI=1S/C49H82N10O16/c1-24(2)19-34(55-45(70)35(20-25(3)4)54-43(68)33(16-17-38(64)65)52-41(66)31(51)23-60)44(69)53-32(11-9-10-18-50)42(67)57-37(22-29-12-14-30(63)15-13-29)46(71)56-36(21-26(5)6)47(72)58-39(27(7)61)48(73)59-40(28(8)62)49(74)75/h12-15,24-28,31-37,39-40,60-63H,9-11,16-23,50-51H2,1-8H3,(H,52,66)(H,53,69)(H,54,68)(H,55,70)(H,56,71)(H,57,67)(H,58,72)(H,59,73)(H,64,65)(H,74,75)/t27-,28-,31+,32+,33+,34+,35+,36+,37+,39+,40+/m1/s1. The van der Waals surface area contributed by atoms with Crippen molar-refractivity contribution < 1.29 is 78.6 Å². The summed E-state index contributed by atoms with van der Waals surface area (Å²) >= 11 is 0. The van der Waals surface area contributed by atoms with Crippen LogP contribution in [0.2, 0.25) is 0 Å². The van der Waals surface area contributed by atoms with Crippen molar-refractivity contribution in [3.05, 3.63) is 29.8 Å². The van der Waals surface area contributed by atoms with Crippen LogP contribution in [-0.4, -0.2) is 170 Å². The molecule has 75 heavy (non-hydrogen) atoms. The van der Waals surface area contributed by atoms with Crippen molar-refractivity contribution in [2.75, 3.05) is 13.2 Å². The fourth-order valence-electron chi connectivity index (χ4n) is 7.50. The van der Waals surface area contributed by atoms with Crippen molar-refractivity contribution >= 4 is 59.2 Å². The van der Waals surface area contributed by atoms with Gasteiger partial charge in [0.2, 0.25) is 47.3 Å². The number of carbonyl (C=O) groups excluding carboxylic acids is 8. The number of nitrogens with one attached hydrogen (secondary N) is 8. The van der Waals surface area contributed by atoms with E-state index in [1.807, 2.05) is 0 Å². The predicted octanol–water partition coefficient (Wildman–Crippen LogP) is -2.89. The van der Waals surface area contributed by atoms with Gasteiger partial charge in [-0.05, 0) is 101 Å². The molecule has 0 radical (unpaired) electrons. The van der Waals surface area contributed by atoms with Crippen molar-refractivity contribution in [3.8, 4) is 5.75 Å². The lowest BCUT2D eigenvalue weighted by Crippen LogP contribution is -2.62. The van der Waals surface area contributed by atoms with Crippen LogP contribution in [0.5, 0.6) is 5.75 Å². The zero-order chi connectivity index (χ0) is 57.3. The molecule has 26 nitrogen and oxygen atoms in total. The summed E-state index contributed by atoms with van der Waals surface area (Å²) in [6.45, 7) is 12.2. The first-order valence-corrected chi connectivity index (χ1v) is 25.1. The summed E-state index contributed by atoms with van der Waals surface area (Å²) in [6, 6.07) is -7.71. The van der Waals surface area contributed by atoms with Crippen LogP contribution in [0.1, 0.15) is 112 Å². The van der Waals surface area contributed by atoms with E-state index < -0.39 is 145 Å². The van der Waals surface area contributed by atoms with E-state index in [1.54, 1.807) is 41.5 Å². The van der Waals surface area contributed by atoms with Gasteiger partial charge < -0.3 is 84.6 Å². The van der Waals surface area contributed by atoms with E-state index in [2.05, 4.69) is 42.5 Å². The Labute approximate surface area is 437 Å². The highest BCUT2D eigenvalue weighted by molar-refractivity contribution is 5.98. The average molecular weight is 1070 g/mol. The normalized spacial score (nSPS) is 15.8. The molecular weight excluding hydrogens is 985 g/mol. The largest absolute Gasteiger partial charge is 0.508 e. The third-order valence-electron chi connectivity index (χ3n) is 11.5. The Morgan fingerprint density at radius 3 is 1.27 bits per heavy atom. The highest BCUT2D eigenvalue weighted by Gasteiger charge is 2.37. The number of carbonyl (C=O) groups is 10. The second-order valence-corrected chi connectivity index (χ2v) is 19.9. The van der Waals surface area contributed by atoms with E-state index in [0.29, 0.717) is 18.4 Å². The molecule has 0 bridgehead atoms. The molecule has 11 atom stereocenters. The van der Waals surface area contributed by atoms with Gasteiger partial charge in [0.05, 0.1) is 18.8 Å². The molecule has 0 aliphatic rings. The first kappa shape index (κ1) is 66.5. The van der Waals surface area contributed by atoms with Crippen LogP contribution in [0.25, 0.3) is 0 Å². The van der Waals surface area contributed by atoms with Crippen molar-refractivity contribution in [2.24, 2.45) is 29.2 Å². The fourth-order valence-corrected chi connectivity index (χ4v) is 7.50. The number of amides is 8. The minimum atomic E-state index is -1.79. The van der Waals surface area contributed by atoms with Crippen molar-refractivity contribution in [1.29, 1.82) is 0 Å². The number of phenolic OH excluding ortho intramolecular Hbond substituents is 1. The van der Waals surface area contributed by atoms with E-state index >= 15 is 0 Å². The Balaban J connectivity index is 3.64. The molecule has 26 heteroatoms. The lowest BCUT2D eigenvalue weighted by atomic mass is 9.98. The van der Waals surface area contributed by atoms with Gasteiger partial charge in [-0.15, -0.1) is 0 Å². The zero-order valence-corrected chi connectivity index (χ0v) is 44.1. The summed E-state index contributed by atoms with van der Waals surface area (Å²) in [5, 5.41) is 78.4. The molecule has 8 amide bonds. The smallest absolute Gasteiger partial charge is 0.328 e. The Kier molecular flexibility index (Phi) is 29.7. The Hall–Kier alpha value is -6.48. The number of phenols is 1. The molecule has 0 fully saturated rings. The number of hydrogen-bond donors (Lipinski definition) is 16. The van der Waals surface area contributed by atoms with Crippen LogP contribution < -0.4 is 54.0 Å². The van der Waals surface area contributed by atoms with Gasteiger partial charge in [-0.1, -0.05) is 53.7 Å². The molecule has 0 saturated heterocycles. The minimum Gasteiger partial charge on any atom is -0.508 e.